The van der Waals surface area contributed by atoms with Gasteiger partial charge in [0.15, 0.2) is 0 Å². The lowest BCUT2D eigenvalue weighted by Crippen LogP contribution is -2.39. The molecule has 0 atom stereocenters. The van der Waals surface area contributed by atoms with Gasteiger partial charge in [-0.05, 0) is 27.7 Å². The highest BCUT2D eigenvalue weighted by Crippen LogP contribution is 2.18. The van der Waals surface area contributed by atoms with Crippen molar-refractivity contribution >= 4 is 6.09 Å². The summed E-state index contributed by atoms with van der Waals surface area (Å²) < 4.78 is 10.4. The molecular formula is C11H19NO3. The standard InChI is InChI=1S/C11H19NO3/c1-6-7-10(2,3)14-8-11(4,5)15-9(12)13/h1H,7-8H2,2-5H3,(H2,12,13). The van der Waals surface area contributed by atoms with Crippen LogP contribution in [-0.4, -0.2) is 23.9 Å². The van der Waals surface area contributed by atoms with Crippen LogP contribution in [0.5, 0.6) is 0 Å². The van der Waals surface area contributed by atoms with E-state index in [-0.39, 0.29) is 6.61 Å². The van der Waals surface area contributed by atoms with E-state index < -0.39 is 17.3 Å². The summed E-state index contributed by atoms with van der Waals surface area (Å²) in [6.07, 6.45) is 4.89. The fourth-order valence-corrected chi connectivity index (χ4v) is 0.968. The molecule has 0 heterocycles. The minimum absolute atomic E-state index is 0.255. The van der Waals surface area contributed by atoms with Gasteiger partial charge in [-0.25, -0.2) is 4.79 Å². The van der Waals surface area contributed by atoms with Crippen LogP contribution in [0, 0.1) is 12.3 Å². The van der Waals surface area contributed by atoms with Gasteiger partial charge >= 0.3 is 6.09 Å². The van der Waals surface area contributed by atoms with Crippen LogP contribution in [0.25, 0.3) is 0 Å². The van der Waals surface area contributed by atoms with Crippen LogP contribution in [0.1, 0.15) is 34.1 Å². The van der Waals surface area contributed by atoms with Gasteiger partial charge in [-0.1, -0.05) is 0 Å². The Morgan fingerprint density at radius 3 is 2.27 bits per heavy atom. The first-order chi connectivity index (χ1) is 6.68. The van der Waals surface area contributed by atoms with Gasteiger partial charge in [0.1, 0.15) is 5.60 Å². The number of nitrogens with two attached hydrogens (primary N) is 1. The van der Waals surface area contributed by atoms with Crippen molar-refractivity contribution in [1.29, 1.82) is 0 Å². The number of rotatable bonds is 5. The van der Waals surface area contributed by atoms with Crippen LogP contribution in [0.2, 0.25) is 0 Å². The zero-order valence-electron chi connectivity index (χ0n) is 9.79. The molecule has 0 aliphatic heterocycles. The molecule has 0 aromatic carbocycles. The first-order valence-electron chi connectivity index (χ1n) is 4.74. The van der Waals surface area contributed by atoms with Gasteiger partial charge in [-0.15, -0.1) is 12.3 Å². The fourth-order valence-electron chi connectivity index (χ4n) is 0.968. The molecule has 0 rings (SSSR count). The van der Waals surface area contributed by atoms with E-state index in [9.17, 15) is 4.79 Å². The summed E-state index contributed by atoms with van der Waals surface area (Å²) >= 11 is 0. The summed E-state index contributed by atoms with van der Waals surface area (Å²) in [4.78, 5) is 10.6. The van der Waals surface area contributed by atoms with Gasteiger partial charge in [0.05, 0.1) is 12.2 Å². The van der Waals surface area contributed by atoms with E-state index in [1.165, 1.54) is 0 Å². The highest BCUT2D eigenvalue weighted by atomic mass is 16.6. The molecule has 0 fully saturated rings. The number of carbonyl (C=O) groups excluding carboxylic acids is 1. The van der Waals surface area contributed by atoms with Crippen molar-refractivity contribution in [3.05, 3.63) is 0 Å². The van der Waals surface area contributed by atoms with Gasteiger partial charge in [0.25, 0.3) is 0 Å². The third-order valence-corrected chi connectivity index (χ3v) is 1.72. The Morgan fingerprint density at radius 1 is 1.33 bits per heavy atom. The molecule has 4 heteroatoms. The monoisotopic (exact) mass is 213 g/mol. The van der Waals surface area contributed by atoms with Crippen molar-refractivity contribution in [2.75, 3.05) is 6.61 Å². The molecule has 0 unspecified atom stereocenters. The molecule has 0 aromatic rings. The predicted octanol–water partition coefficient (Wildman–Crippen LogP) is 1.68. The van der Waals surface area contributed by atoms with Crippen LogP contribution >= 0.6 is 0 Å². The van der Waals surface area contributed by atoms with Gasteiger partial charge in [0.2, 0.25) is 0 Å². The van der Waals surface area contributed by atoms with Crippen molar-refractivity contribution in [2.45, 2.75) is 45.3 Å². The zero-order valence-corrected chi connectivity index (χ0v) is 9.79. The maximum Gasteiger partial charge on any atom is 0.405 e. The summed E-state index contributed by atoms with van der Waals surface area (Å²) in [7, 11) is 0. The Balaban J connectivity index is 4.14. The molecule has 0 spiro atoms. The van der Waals surface area contributed by atoms with Crippen molar-refractivity contribution in [3.8, 4) is 12.3 Å². The quantitative estimate of drug-likeness (QED) is 0.707. The smallest absolute Gasteiger partial charge is 0.405 e. The zero-order chi connectivity index (χ0) is 12.1. The Hall–Kier alpha value is -1.21. The Morgan fingerprint density at radius 2 is 1.87 bits per heavy atom. The second-order valence-corrected chi connectivity index (χ2v) is 4.61. The van der Waals surface area contributed by atoms with E-state index >= 15 is 0 Å². The van der Waals surface area contributed by atoms with Crippen LogP contribution in [-0.2, 0) is 9.47 Å². The van der Waals surface area contributed by atoms with Crippen molar-refractivity contribution in [2.24, 2.45) is 5.73 Å². The molecular weight excluding hydrogens is 194 g/mol. The highest BCUT2D eigenvalue weighted by Gasteiger charge is 2.26. The molecule has 1 amide bonds. The van der Waals surface area contributed by atoms with Crippen molar-refractivity contribution in [1.82, 2.24) is 0 Å². The highest BCUT2D eigenvalue weighted by molar-refractivity contribution is 5.65. The molecule has 2 N–H and O–H groups in total. The predicted molar refractivity (Wildman–Crippen MR) is 58.2 cm³/mol. The third kappa shape index (κ3) is 6.81. The van der Waals surface area contributed by atoms with Crippen molar-refractivity contribution < 1.29 is 14.3 Å². The van der Waals surface area contributed by atoms with E-state index in [0.29, 0.717) is 6.42 Å². The Kier molecular flexibility index (Phi) is 4.63. The third-order valence-electron chi connectivity index (χ3n) is 1.72. The van der Waals surface area contributed by atoms with Crippen LogP contribution in [0.3, 0.4) is 0 Å². The van der Waals surface area contributed by atoms with Crippen molar-refractivity contribution in [3.63, 3.8) is 0 Å². The summed E-state index contributed by atoms with van der Waals surface area (Å²) in [5, 5.41) is 0. The van der Waals surface area contributed by atoms with Crippen LogP contribution in [0.15, 0.2) is 0 Å². The molecule has 0 bridgehead atoms. The van der Waals surface area contributed by atoms with Gasteiger partial charge in [-0.2, -0.15) is 0 Å². The molecule has 86 valence electrons. The topological polar surface area (TPSA) is 61.6 Å². The van der Waals surface area contributed by atoms with E-state index in [1.807, 2.05) is 13.8 Å². The molecule has 15 heavy (non-hydrogen) atoms. The Labute approximate surface area is 91.1 Å². The van der Waals surface area contributed by atoms with Gasteiger partial charge in [-0.3, -0.25) is 0 Å². The normalized spacial score (nSPS) is 11.9. The minimum atomic E-state index is -0.807. The largest absolute Gasteiger partial charge is 0.441 e. The minimum Gasteiger partial charge on any atom is -0.441 e. The molecule has 0 aliphatic rings. The lowest BCUT2D eigenvalue weighted by molar-refractivity contribution is -0.0906. The van der Waals surface area contributed by atoms with E-state index in [0.717, 1.165) is 0 Å². The number of ether oxygens (including phenoxy) is 2. The number of amides is 1. The Bertz CT molecular complexity index is 263. The molecule has 0 radical (unpaired) electrons. The van der Waals surface area contributed by atoms with Crippen LogP contribution in [0.4, 0.5) is 4.79 Å². The first-order valence-corrected chi connectivity index (χ1v) is 4.74. The van der Waals surface area contributed by atoms with E-state index in [2.05, 4.69) is 5.92 Å². The summed E-state index contributed by atoms with van der Waals surface area (Å²) in [6.45, 7) is 7.47. The van der Waals surface area contributed by atoms with E-state index in [1.54, 1.807) is 13.8 Å². The lowest BCUT2D eigenvalue weighted by Gasteiger charge is -2.30. The second-order valence-electron chi connectivity index (χ2n) is 4.61. The van der Waals surface area contributed by atoms with Crippen LogP contribution < -0.4 is 5.73 Å². The number of carbonyl (C=O) groups is 1. The average molecular weight is 213 g/mol. The summed E-state index contributed by atoms with van der Waals surface area (Å²) in [5.41, 5.74) is 3.77. The number of terminal acetylenes is 1. The van der Waals surface area contributed by atoms with Gasteiger partial charge < -0.3 is 15.2 Å². The average Bonchev–Trinajstić information content (AvgIpc) is 1.99. The SMILES string of the molecule is C#CCC(C)(C)OCC(C)(C)OC(N)=O. The summed E-state index contributed by atoms with van der Waals surface area (Å²) in [5.74, 6) is 2.53. The fraction of sp³-hybridized carbons (Fsp3) is 0.727. The first kappa shape index (κ1) is 13.8. The van der Waals surface area contributed by atoms with Gasteiger partial charge in [0, 0.05) is 6.42 Å². The number of hydrogen-bond acceptors (Lipinski definition) is 3. The second kappa shape index (κ2) is 5.04. The number of hydrogen-bond donors (Lipinski definition) is 1. The molecule has 0 aromatic heterocycles. The molecule has 0 saturated heterocycles. The van der Waals surface area contributed by atoms with E-state index in [4.69, 9.17) is 21.6 Å². The molecule has 0 aliphatic carbocycles. The number of primary amides is 1. The molecule has 4 nitrogen and oxygen atoms in total. The summed E-state index contributed by atoms with van der Waals surface area (Å²) in [6, 6.07) is 0. The lowest BCUT2D eigenvalue weighted by atomic mass is 10.1. The maximum absolute atomic E-state index is 10.6. The molecule has 0 saturated carbocycles. The maximum atomic E-state index is 10.6.